The van der Waals surface area contributed by atoms with Crippen molar-refractivity contribution in [1.82, 2.24) is 0 Å². The van der Waals surface area contributed by atoms with Crippen LogP contribution in [0.25, 0.3) is 22.3 Å². The summed E-state index contributed by atoms with van der Waals surface area (Å²) in [7, 11) is 0. The zero-order valence-electron chi connectivity index (χ0n) is 15.6. The molecule has 132 valence electrons. The minimum absolute atomic E-state index is 0.281. The third kappa shape index (κ3) is 3.76. The Labute approximate surface area is 168 Å². The summed E-state index contributed by atoms with van der Waals surface area (Å²) in [4.78, 5) is 0. The Morgan fingerprint density at radius 1 is 0.444 bits per heavy atom. The fourth-order valence-electron chi connectivity index (χ4n) is 3.43. The second kappa shape index (κ2) is 7.96. The normalized spacial score (nSPS) is 10.7. The Kier molecular flexibility index (Phi) is 5.25. The van der Waals surface area contributed by atoms with Crippen LogP contribution in [0.3, 0.4) is 0 Å². The van der Waals surface area contributed by atoms with E-state index in [1.54, 1.807) is 0 Å². The van der Waals surface area contributed by atoms with Gasteiger partial charge in [-0.15, -0.1) is 0 Å². The quantitative estimate of drug-likeness (QED) is 0.399. The summed E-state index contributed by atoms with van der Waals surface area (Å²) >= 11 is 0.281. The molecule has 0 heterocycles. The summed E-state index contributed by atoms with van der Waals surface area (Å²) in [6, 6.07) is 34.8. The van der Waals surface area contributed by atoms with E-state index < -0.39 is 0 Å². The molecular formula is C26H22Se. The molecule has 0 spiro atoms. The van der Waals surface area contributed by atoms with Gasteiger partial charge in [-0.3, -0.25) is 0 Å². The fraction of sp³-hybridized carbons (Fsp3) is 0.0769. The fourth-order valence-corrected chi connectivity index (χ4v) is 5.65. The van der Waals surface area contributed by atoms with E-state index in [1.165, 1.54) is 42.3 Å². The molecule has 0 aliphatic carbocycles. The third-order valence-corrected chi connectivity index (χ3v) is 7.74. The molecule has 0 saturated carbocycles. The SMILES string of the molecule is Cc1c([Se]c2cccc(-c3ccccc3)c2C)cccc1-c1ccccc1. The van der Waals surface area contributed by atoms with Crippen LogP contribution in [0.1, 0.15) is 11.1 Å². The molecule has 0 aliphatic rings. The van der Waals surface area contributed by atoms with Crippen LogP contribution in [0.2, 0.25) is 0 Å². The summed E-state index contributed by atoms with van der Waals surface area (Å²) in [6.07, 6.45) is 0. The molecular weight excluding hydrogens is 391 g/mol. The summed E-state index contributed by atoms with van der Waals surface area (Å²) in [5.74, 6) is 0. The van der Waals surface area contributed by atoms with E-state index in [0.717, 1.165) is 0 Å². The first-order valence-electron chi connectivity index (χ1n) is 9.22. The van der Waals surface area contributed by atoms with Crippen LogP contribution in [-0.2, 0) is 0 Å². The maximum absolute atomic E-state index is 2.29. The van der Waals surface area contributed by atoms with Gasteiger partial charge in [0.05, 0.1) is 0 Å². The summed E-state index contributed by atoms with van der Waals surface area (Å²) in [6.45, 7) is 4.52. The molecule has 0 N–H and O–H groups in total. The molecule has 4 aromatic carbocycles. The summed E-state index contributed by atoms with van der Waals surface area (Å²) in [5, 5.41) is 0. The van der Waals surface area contributed by atoms with Crippen LogP contribution in [0, 0.1) is 13.8 Å². The van der Waals surface area contributed by atoms with Crippen LogP contribution in [0.4, 0.5) is 0 Å². The van der Waals surface area contributed by atoms with Gasteiger partial charge in [0.25, 0.3) is 0 Å². The predicted octanol–water partition coefficient (Wildman–Crippen LogP) is 5.29. The average molecular weight is 413 g/mol. The van der Waals surface area contributed by atoms with Crippen LogP contribution in [0.15, 0.2) is 97.1 Å². The molecule has 4 rings (SSSR count). The van der Waals surface area contributed by atoms with Gasteiger partial charge in [-0.05, 0) is 0 Å². The van der Waals surface area contributed by atoms with E-state index in [1.807, 2.05) is 0 Å². The van der Waals surface area contributed by atoms with Gasteiger partial charge in [0.1, 0.15) is 0 Å². The molecule has 0 saturated heterocycles. The maximum atomic E-state index is 2.29. The Hall–Kier alpha value is -2.60. The van der Waals surface area contributed by atoms with Gasteiger partial charge in [0, 0.05) is 0 Å². The number of benzene rings is 4. The van der Waals surface area contributed by atoms with Gasteiger partial charge >= 0.3 is 168 Å². The van der Waals surface area contributed by atoms with E-state index in [2.05, 4.69) is 111 Å². The van der Waals surface area contributed by atoms with Crippen molar-refractivity contribution in [2.24, 2.45) is 0 Å². The molecule has 4 aromatic rings. The summed E-state index contributed by atoms with van der Waals surface area (Å²) < 4.78 is 2.91. The van der Waals surface area contributed by atoms with Crippen molar-refractivity contribution in [3.8, 4) is 22.3 Å². The van der Waals surface area contributed by atoms with Gasteiger partial charge in [0.15, 0.2) is 0 Å². The van der Waals surface area contributed by atoms with Gasteiger partial charge in [-0.25, -0.2) is 0 Å². The number of hydrogen-bond acceptors (Lipinski definition) is 0. The molecule has 27 heavy (non-hydrogen) atoms. The second-order valence-corrected chi connectivity index (χ2v) is 8.97. The Bertz CT molecular complexity index is 963. The van der Waals surface area contributed by atoms with E-state index in [9.17, 15) is 0 Å². The Balaban J connectivity index is 1.72. The monoisotopic (exact) mass is 414 g/mol. The second-order valence-electron chi connectivity index (χ2n) is 6.69. The molecule has 0 radical (unpaired) electrons. The van der Waals surface area contributed by atoms with Crippen molar-refractivity contribution in [1.29, 1.82) is 0 Å². The zero-order chi connectivity index (χ0) is 18.6. The van der Waals surface area contributed by atoms with Crippen molar-refractivity contribution in [3.05, 3.63) is 108 Å². The Morgan fingerprint density at radius 3 is 1.26 bits per heavy atom. The molecule has 0 aliphatic heterocycles. The van der Waals surface area contributed by atoms with E-state index in [4.69, 9.17) is 0 Å². The Morgan fingerprint density at radius 2 is 0.852 bits per heavy atom. The van der Waals surface area contributed by atoms with E-state index in [0.29, 0.717) is 0 Å². The predicted molar refractivity (Wildman–Crippen MR) is 118 cm³/mol. The number of hydrogen-bond donors (Lipinski definition) is 0. The average Bonchev–Trinajstić information content (AvgIpc) is 2.72. The zero-order valence-corrected chi connectivity index (χ0v) is 17.4. The molecule has 0 fully saturated rings. The van der Waals surface area contributed by atoms with Gasteiger partial charge in [-0.1, -0.05) is 0 Å². The first kappa shape index (κ1) is 17.8. The van der Waals surface area contributed by atoms with Crippen LogP contribution in [0.5, 0.6) is 0 Å². The molecule has 0 bridgehead atoms. The van der Waals surface area contributed by atoms with Gasteiger partial charge < -0.3 is 0 Å². The van der Waals surface area contributed by atoms with Crippen molar-refractivity contribution >= 4 is 23.9 Å². The van der Waals surface area contributed by atoms with Crippen LogP contribution >= 0.6 is 0 Å². The number of rotatable bonds is 4. The van der Waals surface area contributed by atoms with E-state index in [-0.39, 0.29) is 15.0 Å². The summed E-state index contributed by atoms with van der Waals surface area (Å²) in [5.41, 5.74) is 8.06. The molecule has 1 heteroatoms. The molecule has 0 nitrogen and oxygen atoms in total. The minimum atomic E-state index is 0.281. The van der Waals surface area contributed by atoms with Gasteiger partial charge in [-0.2, -0.15) is 0 Å². The van der Waals surface area contributed by atoms with Gasteiger partial charge in [0.2, 0.25) is 0 Å². The molecule has 0 atom stereocenters. The van der Waals surface area contributed by atoms with Crippen molar-refractivity contribution in [2.45, 2.75) is 13.8 Å². The van der Waals surface area contributed by atoms with Crippen molar-refractivity contribution in [3.63, 3.8) is 0 Å². The third-order valence-electron chi connectivity index (χ3n) is 4.96. The molecule has 0 aromatic heterocycles. The van der Waals surface area contributed by atoms with Crippen molar-refractivity contribution < 1.29 is 0 Å². The topological polar surface area (TPSA) is 0 Å². The first-order chi connectivity index (χ1) is 13.2. The molecule has 0 amide bonds. The van der Waals surface area contributed by atoms with E-state index >= 15 is 0 Å². The first-order valence-corrected chi connectivity index (χ1v) is 10.9. The van der Waals surface area contributed by atoms with Crippen LogP contribution < -0.4 is 8.92 Å². The van der Waals surface area contributed by atoms with Crippen LogP contribution in [-0.4, -0.2) is 15.0 Å². The molecule has 0 unspecified atom stereocenters. The standard InChI is InChI=1S/C26H22Se/c1-19-23(21-11-5-3-6-12-21)15-9-17-25(19)27-26-18-10-16-24(20(26)2)22-13-7-4-8-14-22/h3-18H,1-2H3. The van der Waals surface area contributed by atoms with Crippen molar-refractivity contribution in [2.75, 3.05) is 0 Å².